The number of allylic oxidation sites excluding steroid dienone is 1. The highest BCUT2D eigenvalue weighted by molar-refractivity contribution is 4.85. The van der Waals surface area contributed by atoms with E-state index in [4.69, 9.17) is 0 Å². The van der Waals surface area contributed by atoms with Crippen LogP contribution in [0, 0.1) is 5.41 Å². The molecule has 1 atom stereocenters. The van der Waals surface area contributed by atoms with Crippen LogP contribution in [-0.2, 0) is 0 Å². The van der Waals surface area contributed by atoms with Crippen molar-refractivity contribution in [3.8, 4) is 0 Å². The quantitative estimate of drug-likeness (QED) is 0.592. The Labute approximate surface area is 71.1 Å². The largest absolute Gasteiger partial charge is 0.377 e. The van der Waals surface area contributed by atoms with E-state index >= 15 is 0 Å². The van der Waals surface area contributed by atoms with Crippen LogP contribution in [0.1, 0.15) is 34.6 Å². The summed E-state index contributed by atoms with van der Waals surface area (Å²) in [5, 5.41) is 0. The first-order valence-corrected chi connectivity index (χ1v) is 4.24. The van der Waals surface area contributed by atoms with Crippen LogP contribution in [0.5, 0.6) is 0 Å². The average molecular weight is 155 g/mol. The van der Waals surface area contributed by atoms with E-state index in [0.29, 0.717) is 11.5 Å². The Morgan fingerprint density at radius 1 is 1.27 bits per heavy atom. The van der Waals surface area contributed by atoms with Gasteiger partial charge in [-0.15, -0.1) is 0 Å². The van der Waals surface area contributed by atoms with Crippen LogP contribution in [0.15, 0.2) is 12.3 Å². The Bertz CT molecular complexity index is 130. The highest BCUT2D eigenvalue weighted by Gasteiger charge is 2.21. The number of rotatable bonds is 2. The predicted octanol–water partition coefficient (Wildman–Crippen LogP) is 2.89. The molecule has 0 rings (SSSR count). The molecule has 0 aromatic rings. The molecule has 0 bridgehead atoms. The molecule has 0 saturated heterocycles. The zero-order chi connectivity index (χ0) is 9.07. The minimum atomic E-state index is 0.355. The Hall–Kier alpha value is -0.460. The summed E-state index contributed by atoms with van der Waals surface area (Å²) in [7, 11) is 2.12. The van der Waals surface area contributed by atoms with Crippen molar-refractivity contribution in [2.75, 3.05) is 7.05 Å². The maximum atomic E-state index is 2.26. The topological polar surface area (TPSA) is 3.24 Å². The summed E-state index contributed by atoms with van der Waals surface area (Å²) in [6.07, 6.45) is 4.19. The molecule has 0 aliphatic heterocycles. The van der Waals surface area contributed by atoms with Crippen molar-refractivity contribution in [2.45, 2.75) is 40.7 Å². The molecule has 1 heteroatoms. The minimum Gasteiger partial charge on any atom is -0.377 e. The highest BCUT2D eigenvalue weighted by Crippen LogP contribution is 2.22. The SMILES string of the molecule is C/C=C\N(C)C(C)C(C)(C)C. The van der Waals surface area contributed by atoms with Gasteiger partial charge in [0.2, 0.25) is 0 Å². The summed E-state index contributed by atoms with van der Waals surface area (Å²) in [6.45, 7) is 11.1. The van der Waals surface area contributed by atoms with Crippen molar-refractivity contribution >= 4 is 0 Å². The molecular weight excluding hydrogens is 134 g/mol. The van der Waals surface area contributed by atoms with Crippen LogP contribution in [0.3, 0.4) is 0 Å². The molecule has 0 fully saturated rings. The van der Waals surface area contributed by atoms with Crippen molar-refractivity contribution in [2.24, 2.45) is 5.41 Å². The number of hydrogen-bond acceptors (Lipinski definition) is 1. The van der Waals surface area contributed by atoms with E-state index in [-0.39, 0.29) is 0 Å². The second-order valence-electron chi connectivity index (χ2n) is 4.19. The van der Waals surface area contributed by atoms with Crippen LogP contribution < -0.4 is 0 Å². The lowest BCUT2D eigenvalue weighted by Gasteiger charge is -2.34. The van der Waals surface area contributed by atoms with Gasteiger partial charge in [0.1, 0.15) is 0 Å². The molecule has 0 heterocycles. The zero-order valence-corrected chi connectivity index (χ0v) is 8.68. The first kappa shape index (κ1) is 10.5. The minimum absolute atomic E-state index is 0.355. The fourth-order valence-corrected chi connectivity index (χ4v) is 0.975. The first-order chi connectivity index (χ1) is 4.89. The summed E-state index contributed by atoms with van der Waals surface area (Å²) >= 11 is 0. The van der Waals surface area contributed by atoms with E-state index < -0.39 is 0 Å². The Morgan fingerprint density at radius 2 is 1.73 bits per heavy atom. The number of nitrogens with zero attached hydrogens (tertiary/aromatic N) is 1. The third kappa shape index (κ3) is 3.45. The van der Waals surface area contributed by atoms with Gasteiger partial charge in [-0.25, -0.2) is 0 Å². The van der Waals surface area contributed by atoms with Gasteiger partial charge in [-0.05, 0) is 25.5 Å². The van der Waals surface area contributed by atoms with E-state index in [0.717, 1.165) is 0 Å². The smallest absolute Gasteiger partial charge is 0.0301 e. The van der Waals surface area contributed by atoms with Gasteiger partial charge in [0.25, 0.3) is 0 Å². The molecule has 0 radical (unpaired) electrons. The summed E-state index contributed by atoms with van der Waals surface area (Å²) in [4.78, 5) is 2.25. The van der Waals surface area contributed by atoms with Gasteiger partial charge >= 0.3 is 0 Å². The van der Waals surface area contributed by atoms with Crippen LogP contribution in [0.4, 0.5) is 0 Å². The second-order valence-corrected chi connectivity index (χ2v) is 4.19. The van der Waals surface area contributed by atoms with E-state index in [1.807, 2.05) is 6.92 Å². The molecule has 1 unspecified atom stereocenters. The highest BCUT2D eigenvalue weighted by atomic mass is 15.1. The third-order valence-corrected chi connectivity index (χ3v) is 2.25. The second kappa shape index (κ2) is 3.80. The van der Waals surface area contributed by atoms with Gasteiger partial charge in [0.15, 0.2) is 0 Å². The Balaban J connectivity index is 4.13. The van der Waals surface area contributed by atoms with Gasteiger partial charge in [-0.2, -0.15) is 0 Å². The fraction of sp³-hybridized carbons (Fsp3) is 0.800. The Morgan fingerprint density at radius 3 is 2.00 bits per heavy atom. The molecule has 0 aromatic carbocycles. The molecule has 11 heavy (non-hydrogen) atoms. The van der Waals surface area contributed by atoms with Gasteiger partial charge in [-0.1, -0.05) is 26.8 Å². The summed E-state index contributed by atoms with van der Waals surface area (Å²) < 4.78 is 0. The van der Waals surface area contributed by atoms with Crippen molar-refractivity contribution < 1.29 is 0 Å². The molecule has 0 aliphatic rings. The zero-order valence-electron chi connectivity index (χ0n) is 8.68. The lowest BCUT2D eigenvalue weighted by Crippen LogP contribution is -2.35. The van der Waals surface area contributed by atoms with Crippen LogP contribution in [-0.4, -0.2) is 18.0 Å². The van der Waals surface area contributed by atoms with Crippen molar-refractivity contribution in [3.05, 3.63) is 12.3 Å². The maximum absolute atomic E-state index is 2.26. The molecule has 1 nitrogen and oxygen atoms in total. The van der Waals surface area contributed by atoms with Gasteiger partial charge in [0, 0.05) is 13.1 Å². The van der Waals surface area contributed by atoms with Crippen LogP contribution >= 0.6 is 0 Å². The molecule has 0 aliphatic carbocycles. The average Bonchev–Trinajstić information content (AvgIpc) is 1.85. The van der Waals surface area contributed by atoms with Crippen molar-refractivity contribution in [1.29, 1.82) is 0 Å². The van der Waals surface area contributed by atoms with Gasteiger partial charge in [0.05, 0.1) is 0 Å². The molecule has 0 saturated carbocycles. The van der Waals surface area contributed by atoms with E-state index in [1.165, 1.54) is 0 Å². The van der Waals surface area contributed by atoms with Crippen molar-refractivity contribution in [3.63, 3.8) is 0 Å². The lowest BCUT2D eigenvalue weighted by atomic mass is 9.87. The molecule has 66 valence electrons. The molecule has 0 N–H and O–H groups in total. The van der Waals surface area contributed by atoms with Crippen LogP contribution in [0.2, 0.25) is 0 Å². The van der Waals surface area contributed by atoms with Crippen molar-refractivity contribution in [1.82, 2.24) is 4.90 Å². The molecular formula is C10H21N. The predicted molar refractivity (Wildman–Crippen MR) is 51.5 cm³/mol. The lowest BCUT2D eigenvalue weighted by molar-refractivity contribution is 0.189. The Kier molecular flexibility index (Phi) is 3.64. The molecule has 0 spiro atoms. The van der Waals surface area contributed by atoms with Crippen LogP contribution in [0.25, 0.3) is 0 Å². The van der Waals surface area contributed by atoms with Gasteiger partial charge < -0.3 is 4.90 Å². The maximum Gasteiger partial charge on any atom is 0.0301 e. The molecule has 0 amide bonds. The van der Waals surface area contributed by atoms with Gasteiger partial charge in [-0.3, -0.25) is 0 Å². The first-order valence-electron chi connectivity index (χ1n) is 4.24. The third-order valence-electron chi connectivity index (χ3n) is 2.25. The standard InChI is InChI=1S/C10H21N/c1-7-8-11(6)9(2)10(3,4)5/h7-9H,1-6H3/b8-7-. The van der Waals surface area contributed by atoms with E-state index in [1.54, 1.807) is 0 Å². The fourth-order valence-electron chi connectivity index (χ4n) is 0.975. The normalized spacial score (nSPS) is 15.5. The van der Waals surface area contributed by atoms with E-state index in [2.05, 4.69) is 51.9 Å². The summed E-state index contributed by atoms with van der Waals surface area (Å²) in [5.41, 5.74) is 0.355. The monoisotopic (exact) mass is 155 g/mol. The summed E-state index contributed by atoms with van der Waals surface area (Å²) in [5.74, 6) is 0. The number of hydrogen-bond donors (Lipinski definition) is 0. The molecule has 0 aromatic heterocycles. The van der Waals surface area contributed by atoms with E-state index in [9.17, 15) is 0 Å². The summed E-state index contributed by atoms with van der Waals surface area (Å²) in [6, 6.07) is 0.582.